The molecule has 2 N–H and O–H groups in total. The minimum atomic E-state index is -1.08. The Morgan fingerprint density at radius 2 is 1.71 bits per heavy atom. The molecule has 0 spiro atoms. The van der Waals surface area contributed by atoms with Gasteiger partial charge in [-0.2, -0.15) is 0 Å². The lowest BCUT2D eigenvalue weighted by molar-refractivity contribution is -0.143. The van der Waals surface area contributed by atoms with Crippen molar-refractivity contribution in [2.75, 3.05) is 0 Å². The zero-order chi connectivity index (χ0) is 25.0. The van der Waals surface area contributed by atoms with Crippen LogP contribution in [0.4, 0.5) is 0 Å². The second-order valence-electron chi connectivity index (χ2n) is 9.01. The number of benzene rings is 2. The monoisotopic (exact) mass is 465 g/mol. The van der Waals surface area contributed by atoms with Gasteiger partial charge in [-0.1, -0.05) is 44.2 Å². The molecule has 0 radical (unpaired) electrons. The van der Waals surface area contributed by atoms with Gasteiger partial charge in [-0.15, -0.1) is 0 Å². The van der Waals surface area contributed by atoms with E-state index in [2.05, 4.69) is 5.32 Å². The van der Waals surface area contributed by atoms with Crippen molar-refractivity contribution in [2.45, 2.75) is 59.6 Å². The second-order valence-corrected chi connectivity index (χ2v) is 9.01. The molecule has 7 nitrogen and oxygen atoms in total. The standard InChI is InChI=1S/C27H31NO6/c1-15(2)13-22(26(30)31)28-25(29)18(5)33-23-12-11-20-16(3)21(14-19-9-7-6-8-10-19)27(32)34-24(20)17(23)4/h6-12,15,18,22H,13-14H2,1-5H3,(H,28,29)(H,30,31)/t18?,22-/m1/s1. The van der Waals surface area contributed by atoms with Crippen LogP contribution in [0.3, 0.4) is 0 Å². The van der Waals surface area contributed by atoms with Crippen LogP contribution < -0.4 is 15.7 Å². The maximum atomic E-state index is 12.8. The molecular formula is C27H31NO6. The van der Waals surface area contributed by atoms with E-state index < -0.39 is 29.6 Å². The Labute approximate surface area is 198 Å². The lowest BCUT2D eigenvalue weighted by Gasteiger charge is -2.21. The van der Waals surface area contributed by atoms with Gasteiger partial charge in [0, 0.05) is 22.9 Å². The highest BCUT2D eigenvalue weighted by Crippen LogP contribution is 2.30. The van der Waals surface area contributed by atoms with Crippen molar-refractivity contribution < 1.29 is 23.8 Å². The van der Waals surface area contributed by atoms with Gasteiger partial charge in [-0.05, 0) is 56.4 Å². The SMILES string of the molecule is Cc1c(Cc2ccccc2)c(=O)oc2c(C)c(OC(C)C(=O)N[C@H](CC(C)C)C(=O)O)ccc12. The third-order valence-corrected chi connectivity index (χ3v) is 5.87. The smallest absolute Gasteiger partial charge is 0.340 e. The van der Waals surface area contributed by atoms with Gasteiger partial charge in [-0.3, -0.25) is 4.79 Å². The lowest BCUT2D eigenvalue weighted by atomic mass is 9.98. The number of fused-ring (bicyclic) bond motifs is 1. The number of ether oxygens (including phenoxy) is 1. The first-order valence-corrected chi connectivity index (χ1v) is 11.4. The average Bonchev–Trinajstić information content (AvgIpc) is 2.78. The van der Waals surface area contributed by atoms with Crippen LogP contribution in [-0.2, 0) is 16.0 Å². The third-order valence-electron chi connectivity index (χ3n) is 5.87. The molecule has 1 unspecified atom stereocenters. The van der Waals surface area contributed by atoms with Crippen molar-refractivity contribution in [3.05, 3.63) is 75.1 Å². The van der Waals surface area contributed by atoms with E-state index in [1.807, 2.05) is 57.2 Å². The quantitative estimate of drug-likeness (QED) is 0.454. The van der Waals surface area contributed by atoms with Crippen molar-refractivity contribution in [3.8, 4) is 5.75 Å². The van der Waals surface area contributed by atoms with E-state index in [1.54, 1.807) is 19.9 Å². The van der Waals surface area contributed by atoms with Crippen molar-refractivity contribution in [1.82, 2.24) is 5.32 Å². The highest BCUT2D eigenvalue weighted by atomic mass is 16.5. The summed E-state index contributed by atoms with van der Waals surface area (Å²) in [5, 5.41) is 12.7. The summed E-state index contributed by atoms with van der Waals surface area (Å²) < 4.78 is 11.5. The summed E-state index contributed by atoms with van der Waals surface area (Å²) >= 11 is 0. The Kier molecular flexibility index (Phi) is 7.76. The van der Waals surface area contributed by atoms with Gasteiger partial charge in [0.15, 0.2) is 6.10 Å². The number of carboxylic acids is 1. The number of aryl methyl sites for hydroxylation is 2. The number of carbonyl (C=O) groups is 2. The summed E-state index contributed by atoms with van der Waals surface area (Å²) in [5.74, 6) is -1.11. The summed E-state index contributed by atoms with van der Waals surface area (Å²) in [6, 6.07) is 12.3. The molecule has 1 aromatic heterocycles. The van der Waals surface area contributed by atoms with E-state index in [0.29, 0.717) is 35.3 Å². The summed E-state index contributed by atoms with van der Waals surface area (Å²) in [5.41, 5.74) is 3.06. The molecule has 0 aliphatic heterocycles. The van der Waals surface area contributed by atoms with Crippen LogP contribution >= 0.6 is 0 Å². The van der Waals surface area contributed by atoms with Crippen LogP contribution in [0.5, 0.6) is 5.75 Å². The fourth-order valence-corrected chi connectivity index (χ4v) is 3.93. The Hall–Kier alpha value is -3.61. The number of carbonyl (C=O) groups excluding carboxylic acids is 1. The number of hydrogen-bond acceptors (Lipinski definition) is 5. The number of carboxylic acid groups (broad SMARTS) is 1. The zero-order valence-corrected chi connectivity index (χ0v) is 20.2. The Morgan fingerprint density at radius 1 is 1.03 bits per heavy atom. The van der Waals surface area contributed by atoms with Crippen LogP contribution in [0.15, 0.2) is 51.7 Å². The minimum absolute atomic E-state index is 0.110. The van der Waals surface area contributed by atoms with Gasteiger partial charge in [0.05, 0.1) is 0 Å². The molecular weight excluding hydrogens is 434 g/mol. The number of nitrogens with one attached hydrogen (secondary N) is 1. The highest BCUT2D eigenvalue weighted by Gasteiger charge is 2.25. The highest BCUT2D eigenvalue weighted by molar-refractivity contribution is 5.87. The molecule has 7 heteroatoms. The van der Waals surface area contributed by atoms with E-state index in [1.165, 1.54) is 0 Å². The molecule has 2 aromatic carbocycles. The first-order valence-electron chi connectivity index (χ1n) is 11.4. The zero-order valence-electron chi connectivity index (χ0n) is 20.2. The molecule has 2 atom stereocenters. The molecule has 180 valence electrons. The number of aliphatic carboxylic acids is 1. The number of amides is 1. The normalized spacial score (nSPS) is 13.0. The van der Waals surface area contributed by atoms with Crippen LogP contribution in [0.25, 0.3) is 11.0 Å². The molecule has 0 aliphatic rings. The first kappa shape index (κ1) is 25.0. The molecule has 3 aromatic rings. The average molecular weight is 466 g/mol. The molecule has 0 bridgehead atoms. The van der Waals surface area contributed by atoms with Gasteiger partial charge in [0.1, 0.15) is 17.4 Å². The Balaban J connectivity index is 1.85. The Bertz CT molecular complexity index is 1250. The second kappa shape index (κ2) is 10.5. The molecule has 0 fully saturated rings. The van der Waals surface area contributed by atoms with Crippen LogP contribution in [0, 0.1) is 19.8 Å². The minimum Gasteiger partial charge on any atom is -0.480 e. The van der Waals surface area contributed by atoms with E-state index >= 15 is 0 Å². The molecule has 0 saturated heterocycles. The molecule has 34 heavy (non-hydrogen) atoms. The number of rotatable bonds is 9. The molecule has 1 heterocycles. The maximum Gasteiger partial charge on any atom is 0.340 e. The van der Waals surface area contributed by atoms with Crippen LogP contribution in [-0.4, -0.2) is 29.1 Å². The Morgan fingerprint density at radius 3 is 2.32 bits per heavy atom. The fourth-order valence-electron chi connectivity index (χ4n) is 3.93. The topological polar surface area (TPSA) is 106 Å². The van der Waals surface area contributed by atoms with Gasteiger partial charge in [-0.25, -0.2) is 9.59 Å². The number of hydrogen-bond donors (Lipinski definition) is 2. The largest absolute Gasteiger partial charge is 0.480 e. The van der Waals surface area contributed by atoms with Crippen molar-refractivity contribution >= 4 is 22.8 Å². The summed E-state index contributed by atoms with van der Waals surface area (Å²) in [6.07, 6.45) is -0.144. The van der Waals surface area contributed by atoms with Crippen LogP contribution in [0.1, 0.15) is 49.4 Å². The summed E-state index contributed by atoms with van der Waals surface area (Å²) in [6.45, 7) is 9.00. The van der Waals surface area contributed by atoms with E-state index in [-0.39, 0.29) is 5.92 Å². The molecule has 3 rings (SSSR count). The van der Waals surface area contributed by atoms with Crippen molar-refractivity contribution in [1.29, 1.82) is 0 Å². The molecule has 0 aliphatic carbocycles. The molecule has 1 amide bonds. The molecule has 0 saturated carbocycles. The van der Waals surface area contributed by atoms with Gasteiger partial charge >= 0.3 is 11.6 Å². The van der Waals surface area contributed by atoms with Crippen molar-refractivity contribution in [3.63, 3.8) is 0 Å². The lowest BCUT2D eigenvalue weighted by Crippen LogP contribution is -2.46. The van der Waals surface area contributed by atoms with Crippen molar-refractivity contribution in [2.24, 2.45) is 5.92 Å². The van der Waals surface area contributed by atoms with Gasteiger partial charge in [0.2, 0.25) is 0 Å². The first-order chi connectivity index (χ1) is 16.1. The fraction of sp³-hybridized carbons (Fsp3) is 0.370. The van der Waals surface area contributed by atoms with Gasteiger partial charge in [0.25, 0.3) is 5.91 Å². The maximum absolute atomic E-state index is 12.8. The summed E-state index contributed by atoms with van der Waals surface area (Å²) in [7, 11) is 0. The predicted octanol–water partition coefficient (Wildman–Crippen LogP) is 4.38. The predicted molar refractivity (Wildman–Crippen MR) is 130 cm³/mol. The third kappa shape index (κ3) is 5.65. The van der Waals surface area contributed by atoms with E-state index in [9.17, 15) is 19.5 Å². The van der Waals surface area contributed by atoms with Gasteiger partial charge < -0.3 is 19.6 Å². The van der Waals surface area contributed by atoms with E-state index in [4.69, 9.17) is 9.15 Å². The van der Waals surface area contributed by atoms with Crippen LogP contribution in [0.2, 0.25) is 0 Å². The van der Waals surface area contributed by atoms with E-state index in [0.717, 1.165) is 16.5 Å². The summed E-state index contributed by atoms with van der Waals surface area (Å²) in [4.78, 5) is 36.8.